The topological polar surface area (TPSA) is 93.8 Å². The Bertz CT molecular complexity index is 1280. The van der Waals surface area contributed by atoms with Crippen molar-refractivity contribution in [3.05, 3.63) is 118 Å². The van der Waals surface area contributed by atoms with Gasteiger partial charge in [-0.25, -0.2) is 5.43 Å². The van der Waals surface area contributed by atoms with E-state index in [1.807, 2.05) is 48.5 Å². The minimum Gasteiger partial charge on any atom is -0.489 e. The lowest BCUT2D eigenvalue weighted by atomic mass is 10.1. The van der Waals surface area contributed by atoms with Crippen LogP contribution in [0.5, 0.6) is 5.75 Å². The molecule has 4 aromatic carbocycles. The van der Waals surface area contributed by atoms with Crippen molar-refractivity contribution in [2.75, 3.05) is 0 Å². The number of nitro groups is 1. The van der Waals surface area contributed by atoms with Crippen molar-refractivity contribution >= 4 is 28.6 Å². The summed E-state index contributed by atoms with van der Waals surface area (Å²) in [5.41, 5.74) is 4.47. The summed E-state index contributed by atoms with van der Waals surface area (Å²) in [6, 6.07) is 27.0. The maximum atomic E-state index is 12.2. The lowest BCUT2D eigenvalue weighted by Gasteiger charge is -2.08. The summed E-state index contributed by atoms with van der Waals surface area (Å²) in [6.07, 6.45) is 1.42. The second kappa shape index (κ2) is 9.53. The normalized spacial score (nSPS) is 10.9. The van der Waals surface area contributed by atoms with E-state index in [2.05, 4.69) is 16.6 Å². The monoisotopic (exact) mass is 425 g/mol. The number of ether oxygens (including phenoxy) is 1. The highest BCUT2D eigenvalue weighted by Crippen LogP contribution is 2.21. The molecule has 0 unspecified atom stereocenters. The zero-order valence-electron chi connectivity index (χ0n) is 17.0. The molecule has 0 spiro atoms. The maximum Gasteiger partial charge on any atom is 0.271 e. The fourth-order valence-electron chi connectivity index (χ4n) is 3.09. The Morgan fingerprint density at radius 2 is 1.66 bits per heavy atom. The molecule has 0 saturated heterocycles. The van der Waals surface area contributed by atoms with Crippen LogP contribution in [0.25, 0.3) is 10.8 Å². The lowest BCUT2D eigenvalue weighted by molar-refractivity contribution is -0.384. The average Bonchev–Trinajstić information content (AvgIpc) is 2.83. The molecule has 0 atom stereocenters. The molecule has 0 aliphatic rings. The van der Waals surface area contributed by atoms with Crippen LogP contribution in [0.4, 0.5) is 5.69 Å². The number of hydrogen-bond donors (Lipinski definition) is 1. The third kappa shape index (κ3) is 5.14. The van der Waals surface area contributed by atoms with E-state index in [1.165, 1.54) is 18.3 Å². The van der Waals surface area contributed by atoms with Gasteiger partial charge in [0.1, 0.15) is 12.4 Å². The van der Waals surface area contributed by atoms with Gasteiger partial charge in [0, 0.05) is 17.7 Å². The summed E-state index contributed by atoms with van der Waals surface area (Å²) in [4.78, 5) is 22.4. The van der Waals surface area contributed by atoms with Crippen molar-refractivity contribution in [2.45, 2.75) is 6.61 Å². The first-order chi connectivity index (χ1) is 15.6. The number of carbonyl (C=O) groups is 1. The Morgan fingerprint density at radius 3 is 2.38 bits per heavy atom. The number of benzene rings is 4. The number of fused-ring (bicyclic) bond motifs is 1. The smallest absolute Gasteiger partial charge is 0.271 e. The second-order valence-corrected chi connectivity index (χ2v) is 7.04. The molecular formula is C25H19N3O4. The Kier molecular flexibility index (Phi) is 6.17. The largest absolute Gasteiger partial charge is 0.489 e. The Hall–Kier alpha value is -4.52. The summed E-state index contributed by atoms with van der Waals surface area (Å²) < 4.78 is 5.87. The molecule has 0 radical (unpaired) electrons. The van der Waals surface area contributed by atoms with Crippen LogP contribution >= 0.6 is 0 Å². The van der Waals surface area contributed by atoms with E-state index >= 15 is 0 Å². The van der Waals surface area contributed by atoms with E-state index in [1.54, 1.807) is 24.3 Å². The minimum atomic E-state index is -0.473. The second-order valence-electron chi connectivity index (χ2n) is 7.04. The molecule has 7 heteroatoms. The zero-order chi connectivity index (χ0) is 22.3. The molecule has 158 valence electrons. The quantitative estimate of drug-likeness (QED) is 0.253. The summed E-state index contributed by atoms with van der Waals surface area (Å²) in [7, 11) is 0. The van der Waals surface area contributed by atoms with Gasteiger partial charge < -0.3 is 4.74 Å². The van der Waals surface area contributed by atoms with Crippen LogP contribution in [0, 0.1) is 10.1 Å². The van der Waals surface area contributed by atoms with Gasteiger partial charge in [-0.1, -0.05) is 42.5 Å². The number of amides is 1. The highest BCUT2D eigenvalue weighted by atomic mass is 16.6. The number of nitrogens with zero attached hydrogens (tertiary/aromatic N) is 2. The van der Waals surface area contributed by atoms with Gasteiger partial charge in [0.15, 0.2) is 0 Å². The average molecular weight is 425 g/mol. The van der Waals surface area contributed by atoms with Gasteiger partial charge in [-0.15, -0.1) is 0 Å². The number of carbonyl (C=O) groups excluding carboxylic acids is 1. The van der Waals surface area contributed by atoms with Gasteiger partial charge >= 0.3 is 0 Å². The van der Waals surface area contributed by atoms with E-state index in [0.717, 1.165) is 22.1 Å². The van der Waals surface area contributed by atoms with Crippen LogP contribution in [0.15, 0.2) is 96.1 Å². The third-order valence-electron chi connectivity index (χ3n) is 4.83. The first kappa shape index (κ1) is 20.7. The van der Waals surface area contributed by atoms with Crippen molar-refractivity contribution in [1.29, 1.82) is 0 Å². The van der Waals surface area contributed by atoms with Crippen LogP contribution in [0.3, 0.4) is 0 Å². The van der Waals surface area contributed by atoms with Gasteiger partial charge in [0.25, 0.3) is 11.6 Å². The molecule has 0 bridgehead atoms. The van der Waals surface area contributed by atoms with E-state index in [9.17, 15) is 14.9 Å². The van der Waals surface area contributed by atoms with Gasteiger partial charge in [-0.2, -0.15) is 5.10 Å². The van der Waals surface area contributed by atoms with Crippen molar-refractivity contribution in [1.82, 2.24) is 5.43 Å². The van der Waals surface area contributed by atoms with E-state index in [-0.39, 0.29) is 11.6 Å². The van der Waals surface area contributed by atoms with Crippen molar-refractivity contribution in [3.63, 3.8) is 0 Å². The fourth-order valence-corrected chi connectivity index (χ4v) is 3.09. The molecule has 0 saturated carbocycles. The molecular weight excluding hydrogens is 406 g/mol. The molecule has 0 fully saturated rings. The third-order valence-corrected chi connectivity index (χ3v) is 4.83. The number of hydrazone groups is 1. The Labute approximate surface area is 184 Å². The molecule has 1 amide bonds. The van der Waals surface area contributed by atoms with Crippen LogP contribution < -0.4 is 10.2 Å². The summed E-state index contributed by atoms with van der Waals surface area (Å²) >= 11 is 0. The van der Waals surface area contributed by atoms with E-state index in [0.29, 0.717) is 17.7 Å². The molecule has 0 heterocycles. The van der Waals surface area contributed by atoms with Gasteiger partial charge in [-0.05, 0) is 58.3 Å². The zero-order valence-corrected chi connectivity index (χ0v) is 17.0. The first-order valence-electron chi connectivity index (χ1n) is 9.87. The van der Waals surface area contributed by atoms with Crippen LogP contribution in [-0.4, -0.2) is 17.0 Å². The maximum absolute atomic E-state index is 12.2. The van der Waals surface area contributed by atoms with Crippen molar-refractivity contribution < 1.29 is 14.5 Å². The first-order valence-corrected chi connectivity index (χ1v) is 9.87. The minimum absolute atomic E-state index is 0.00382. The summed E-state index contributed by atoms with van der Waals surface area (Å²) in [5, 5.41) is 16.8. The lowest BCUT2D eigenvalue weighted by Crippen LogP contribution is -2.17. The number of nitrogens with one attached hydrogen (secondary N) is 1. The molecule has 7 nitrogen and oxygen atoms in total. The number of rotatable bonds is 7. The number of nitro benzene ring substituents is 1. The molecule has 4 aromatic rings. The molecule has 0 aliphatic heterocycles. The number of hydrogen-bond acceptors (Lipinski definition) is 5. The Balaban J connectivity index is 1.31. The molecule has 4 rings (SSSR count). The van der Waals surface area contributed by atoms with E-state index < -0.39 is 4.92 Å². The van der Waals surface area contributed by atoms with Gasteiger partial charge in [0.05, 0.1) is 11.1 Å². The van der Waals surface area contributed by atoms with Gasteiger partial charge in [0.2, 0.25) is 0 Å². The van der Waals surface area contributed by atoms with E-state index in [4.69, 9.17) is 4.74 Å². The summed E-state index contributed by atoms with van der Waals surface area (Å²) in [5.74, 6) is 0.427. The summed E-state index contributed by atoms with van der Waals surface area (Å²) in [6.45, 7) is 0.387. The predicted octanol–water partition coefficient (Wildman–Crippen LogP) is 5.09. The van der Waals surface area contributed by atoms with Crippen LogP contribution in [0.1, 0.15) is 21.5 Å². The van der Waals surface area contributed by atoms with Crippen molar-refractivity contribution in [3.8, 4) is 5.75 Å². The highest BCUT2D eigenvalue weighted by molar-refractivity contribution is 5.94. The standard InChI is InChI=1S/C25H19N3O4/c29-25(27-26-16-18-7-12-23(13-8-18)28(30)31)21-9-5-19(6-10-21)17-32-24-14-11-20-3-1-2-4-22(20)15-24/h1-16H,17H2,(H,27,29)/b26-16+. The Morgan fingerprint density at radius 1 is 0.938 bits per heavy atom. The predicted molar refractivity (Wildman–Crippen MR) is 123 cm³/mol. The molecule has 0 aromatic heterocycles. The number of non-ortho nitro benzene ring substituents is 1. The molecule has 0 aliphatic carbocycles. The highest BCUT2D eigenvalue weighted by Gasteiger charge is 2.06. The molecule has 32 heavy (non-hydrogen) atoms. The SMILES string of the molecule is O=C(N/N=C/c1ccc([N+](=O)[O-])cc1)c1ccc(COc2ccc3ccccc3c2)cc1. The molecule has 1 N–H and O–H groups in total. The van der Waals surface area contributed by atoms with Crippen LogP contribution in [-0.2, 0) is 6.61 Å². The van der Waals surface area contributed by atoms with Crippen molar-refractivity contribution in [2.24, 2.45) is 5.10 Å². The van der Waals surface area contributed by atoms with Gasteiger partial charge in [-0.3, -0.25) is 14.9 Å². The fraction of sp³-hybridized carbons (Fsp3) is 0.0400. The van der Waals surface area contributed by atoms with Crippen LogP contribution in [0.2, 0.25) is 0 Å².